The van der Waals surface area contributed by atoms with E-state index in [9.17, 15) is 19.2 Å². The molecule has 0 aromatic heterocycles. The Morgan fingerprint density at radius 1 is 0.865 bits per heavy atom. The van der Waals surface area contributed by atoms with E-state index >= 15 is 0 Å². The van der Waals surface area contributed by atoms with Crippen molar-refractivity contribution in [3.63, 3.8) is 0 Å². The Morgan fingerprint density at radius 2 is 1.41 bits per heavy atom. The number of benzene rings is 1. The molecule has 1 saturated heterocycles. The van der Waals surface area contributed by atoms with Crippen LogP contribution >= 0.6 is 0 Å². The van der Waals surface area contributed by atoms with Gasteiger partial charge in [0.05, 0.1) is 13.0 Å². The molecule has 1 aromatic rings. The topological polar surface area (TPSA) is 140 Å². The van der Waals surface area contributed by atoms with Crippen LogP contribution in [-0.2, 0) is 44.5 Å². The van der Waals surface area contributed by atoms with Crippen molar-refractivity contribution in [2.75, 3.05) is 6.61 Å². The van der Waals surface area contributed by atoms with Gasteiger partial charge >= 0.3 is 23.9 Å². The van der Waals surface area contributed by atoms with Crippen LogP contribution in [0.3, 0.4) is 0 Å². The van der Waals surface area contributed by atoms with Gasteiger partial charge in [0.1, 0.15) is 17.4 Å². The number of carbonyl (C=O) groups excluding carboxylic acids is 4. The van der Waals surface area contributed by atoms with Gasteiger partial charge < -0.3 is 29.4 Å². The van der Waals surface area contributed by atoms with E-state index in [0.29, 0.717) is 31.4 Å². The molecular weight excluding hydrogens is 482 g/mol. The molecule has 206 valence electrons. The number of hydrogen-bond donors (Lipinski definition) is 1. The van der Waals surface area contributed by atoms with Gasteiger partial charge in [0.15, 0.2) is 6.10 Å². The number of esters is 4. The molecule has 1 aromatic carbocycles. The monoisotopic (exact) mass is 521 g/mol. The molecule has 0 bridgehead atoms. The van der Waals surface area contributed by atoms with Crippen molar-refractivity contribution in [2.45, 2.75) is 103 Å². The zero-order valence-electron chi connectivity index (χ0n) is 22.2. The van der Waals surface area contributed by atoms with E-state index in [1.807, 2.05) is 20.8 Å². The molecule has 2 N–H and O–H groups in total. The largest absolute Gasteiger partial charge is 0.458 e. The maximum absolute atomic E-state index is 12.9. The first-order chi connectivity index (χ1) is 17.6. The van der Waals surface area contributed by atoms with Crippen LogP contribution < -0.4 is 10.5 Å². The molecular formula is C27H39NO9. The third kappa shape index (κ3) is 10.1. The Labute approximate surface area is 218 Å². The van der Waals surface area contributed by atoms with Crippen LogP contribution in [0, 0.1) is 0 Å². The average Bonchev–Trinajstić information content (AvgIpc) is 2.82. The molecule has 1 aliphatic heterocycles. The average molecular weight is 522 g/mol. The van der Waals surface area contributed by atoms with E-state index in [2.05, 4.69) is 0 Å². The molecule has 4 atom stereocenters. The highest BCUT2D eigenvalue weighted by molar-refractivity contribution is 5.80. The number of ether oxygens (including phenoxy) is 5. The van der Waals surface area contributed by atoms with E-state index in [0.717, 1.165) is 5.56 Å². The molecule has 2 rings (SSSR count). The highest BCUT2D eigenvalue weighted by Crippen LogP contribution is 2.24. The first kappa shape index (κ1) is 30.2. The minimum atomic E-state index is -1.39. The molecule has 1 heterocycles. The van der Waals surface area contributed by atoms with Crippen molar-refractivity contribution >= 4 is 23.9 Å². The fourth-order valence-corrected chi connectivity index (χ4v) is 3.71. The second kappa shape index (κ2) is 14.7. The molecule has 1 aliphatic rings. The van der Waals surface area contributed by atoms with Crippen molar-refractivity contribution in [3.05, 3.63) is 29.8 Å². The molecule has 0 spiro atoms. The Morgan fingerprint density at radius 3 is 1.97 bits per heavy atom. The van der Waals surface area contributed by atoms with Gasteiger partial charge in [0.2, 0.25) is 6.29 Å². The van der Waals surface area contributed by atoms with E-state index < -0.39 is 41.9 Å². The van der Waals surface area contributed by atoms with Gasteiger partial charge in [-0.05, 0) is 43.9 Å². The highest BCUT2D eigenvalue weighted by atomic mass is 16.7. The van der Waals surface area contributed by atoms with E-state index in [4.69, 9.17) is 29.4 Å². The molecule has 0 aliphatic carbocycles. The second-order valence-electron chi connectivity index (χ2n) is 9.42. The van der Waals surface area contributed by atoms with Gasteiger partial charge in [0, 0.05) is 25.7 Å². The van der Waals surface area contributed by atoms with Gasteiger partial charge in [-0.3, -0.25) is 14.4 Å². The molecule has 0 saturated carbocycles. The van der Waals surface area contributed by atoms with Crippen LogP contribution in [0.1, 0.15) is 78.2 Å². The summed E-state index contributed by atoms with van der Waals surface area (Å²) in [5, 5.41) is 0. The summed E-state index contributed by atoms with van der Waals surface area (Å²) in [4.78, 5) is 48.7. The van der Waals surface area contributed by atoms with Gasteiger partial charge in [0.25, 0.3) is 0 Å². The summed E-state index contributed by atoms with van der Waals surface area (Å²) in [6.45, 7) is 7.05. The Hall–Kier alpha value is -2.98. The zero-order valence-corrected chi connectivity index (χ0v) is 22.2. The second-order valence-corrected chi connectivity index (χ2v) is 9.42. The summed E-state index contributed by atoms with van der Waals surface area (Å²) >= 11 is 0. The van der Waals surface area contributed by atoms with Crippen LogP contribution in [-0.4, -0.2) is 54.5 Å². The molecule has 0 amide bonds. The Kier molecular flexibility index (Phi) is 12.0. The first-order valence-electron chi connectivity index (χ1n) is 12.9. The van der Waals surface area contributed by atoms with E-state index in [1.54, 1.807) is 31.2 Å². The molecule has 10 heteroatoms. The first-order valence-corrected chi connectivity index (χ1v) is 12.9. The lowest BCUT2D eigenvalue weighted by molar-refractivity contribution is -0.232. The lowest BCUT2D eigenvalue weighted by atomic mass is 9.94. The maximum atomic E-state index is 12.9. The zero-order chi connectivity index (χ0) is 27.4. The fourth-order valence-electron chi connectivity index (χ4n) is 3.71. The Bertz CT molecular complexity index is 913. The SMILES string of the molecule is CCCC(=O)Oc1ccc(CC(C)(N)C(=O)O[C@H]2C[C@@H](OC(=O)CCC)[C@H](OC(=O)CCC)CO2)cc1. The molecule has 37 heavy (non-hydrogen) atoms. The molecule has 10 nitrogen and oxygen atoms in total. The predicted octanol–water partition coefficient (Wildman–Crippen LogP) is 3.37. The van der Waals surface area contributed by atoms with E-state index in [-0.39, 0.29) is 38.3 Å². The van der Waals surface area contributed by atoms with Crippen LogP contribution in [0.4, 0.5) is 0 Å². The number of hydrogen-bond acceptors (Lipinski definition) is 10. The number of carbonyl (C=O) groups is 4. The Balaban J connectivity index is 1.98. The van der Waals surface area contributed by atoms with Crippen molar-refractivity contribution in [2.24, 2.45) is 5.73 Å². The number of nitrogens with two attached hydrogens (primary N) is 1. The molecule has 1 unspecified atom stereocenters. The standard InChI is InChI=1S/C27H39NO9/c1-5-8-22(29)34-19-13-11-18(12-14-19)16-27(4,28)26(32)37-25-15-20(35-23(30)9-6-2)21(17-33-25)36-24(31)10-7-3/h11-14,20-21,25H,5-10,15-17,28H2,1-4H3/t20-,21-,25+,27?/m1/s1. The van der Waals surface area contributed by atoms with Crippen molar-refractivity contribution in [1.82, 2.24) is 0 Å². The molecule has 1 fully saturated rings. The minimum Gasteiger partial charge on any atom is -0.458 e. The summed E-state index contributed by atoms with van der Waals surface area (Å²) in [7, 11) is 0. The smallest absolute Gasteiger partial charge is 0.328 e. The summed E-state index contributed by atoms with van der Waals surface area (Å²) in [5.74, 6) is -1.43. The van der Waals surface area contributed by atoms with Crippen molar-refractivity contribution in [1.29, 1.82) is 0 Å². The summed E-state index contributed by atoms with van der Waals surface area (Å²) < 4.78 is 27.3. The summed E-state index contributed by atoms with van der Waals surface area (Å²) in [5.41, 5.74) is 5.64. The van der Waals surface area contributed by atoms with Crippen LogP contribution in [0.25, 0.3) is 0 Å². The van der Waals surface area contributed by atoms with Gasteiger partial charge in [-0.1, -0.05) is 32.9 Å². The predicted molar refractivity (Wildman–Crippen MR) is 133 cm³/mol. The maximum Gasteiger partial charge on any atom is 0.328 e. The van der Waals surface area contributed by atoms with E-state index in [1.165, 1.54) is 0 Å². The summed E-state index contributed by atoms with van der Waals surface area (Å²) in [6.07, 6.45) is 0.266. The number of rotatable bonds is 13. The third-order valence-corrected chi connectivity index (χ3v) is 5.65. The normalized spacial score (nSPS) is 20.8. The van der Waals surface area contributed by atoms with Gasteiger partial charge in [-0.15, -0.1) is 0 Å². The van der Waals surface area contributed by atoms with Crippen molar-refractivity contribution < 1.29 is 42.9 Å². The van der Waals surface area contributed by atoms with Gasteiger partial charge in [-0.2, -0.15) is 0 Å². The molecule has 0 radical (unpaired) electrons. The lowest BCUT2D eigenvalue weighted by Gasteiger charge is -2.36. The highest BCUT2D eigenvalue weighted by Gasteiger charge is 2.40. The lowest BCUT2D eigenvalue weighted by Crippen LogP contribution is -2.52. The van der Waals surface area contributed by atoms with Crippen LogP contribution in [0.15, 0.2) is 24.3 Å². The minimum absolute atomic E-state index is 0.0131. The van der Waals surface area contributed by atoms with Crippen LogP contribution in [0.2, 0.25) is 0 Å². The third-order valence-electron chi connectivity index (χ3n) is 5.65. The summed E-state index contributed by atoms with van der Waals surface area (Å²) in [6, 6.07) is 6.73. The van der Waals surface area contributed by atoms with Gasteiger partial charge in [-0.25, -0.2) is 4.79 Å². The van der Waals surface area contributed by atoms with Crippen LogP contribution in [0.5, 0.6) is 5.75 Å². The fraction of sp³-hybridized carbons (Fsp3) is 0.630. The quantitative estimate of drug-likeness (QED) is 0.233. The van der Waals surface area contributed by atoms with Crippen molar-refractivity contribution in [3.8, 4) is 5.75 Å².